The second-order valence-electron chi connectivity index (χ2n) is 4.17. The van der Waals surface area contributed by atoms with E-state index in [1.54, 1.807) is 6.26 Å². The Bertz CT molecular complexity index is 512. The lowest BCUT2D eigenvalue weighted by Crippen LogP contribution is -1.90. The molecule has 0 spiro atoms. The van der Waals surface area contributed by atoms with Crippen LogP contribution in [-0.4, -0.2) is 18.3 Å². The third-order valence-electron chi connectivity index (χ3n) is 2.84. The van der Waals surface area contributed by atoms with Crippen molar-refractivity contribution in [2.45, 2.75) is 12.8 Å². The van der Waals surface area contributed by atoms with Gasteiger partial charge in [0.25, 0.3) is 0 Å². The van der Waals surface area contributed by atoms with E-state index in [1.165, 1.54) is 10.8 Å². The summed E-state index contributed by atoms with van der Waals surface area (Å²) in [6.07, 6.45) is 5.40. The highest BCUT2D eigenvalue weighted by Gasteiger charge is 1.95. The summed E-state index contributed by atoms with van der Waals surface area (Å²) >= 11 is 0. The first-order valence-corrected chi connectivity index (χ1v) is 6.28. The topological polar surface area (TPSA) is 29.5 Å². The molecule has 2 rings (SSSR count). The zero-order chi connectivity index (χ0) is 12.6. The molecule has 0 amide bonds. The number of aliphatic hydroxyl groups is 1. The van der Waals surface area contributed by atoms with E-state index >= 15 is 0 Å². The summed E-state index contributed by atoms with van der Waals surface area (Å²) < 4.78 is 5.40. The number of benzene rings is 2. The molecule has 2 nitrogen and oxygen atoms in total. The Balaban J connectivity index is 2.01. The summed E-state index contributed by atoms with van der Waals surface area (Å²) in [5, 5.41) is 11.1. The largest absolute Gasteiger partial charge is 0.501 e. The number of fused-ring (bicyclic) bond motifs is 1. The molecule has 2 heteroatoms. The third-order valence-corrected chi connectivity index (χ3v) is 2.84. The van der Waals surface area contributed by atoms with Crippen molar-refractivity contribution >= 4 is 16.8 Å². The van der Waals surface area contributed by atoms with E-state index in [1.807, 2.05) is 24.3 Å². The highest BCUT2D eigenvalue weighted by Crippen LogP contribution is 2.19. The molecule has 0 saturated carbocycles. The van der Waals surface area contributed by atoms with Crippen LogP contribution < -0.4 is 0 Å². The smallest absolute Gasteiger partial charge is 0.0874 e. The second kappa shape index (κ2) is 6.82. The van der Waals surface area contributed by atoms with Gasteiger partial charge in [-0.1, -0.05) is 42.5 Å². The van der Waals surface area contributed by atoms with Gasteiger partial charge in [0.15, 0.2) is 0 Å². The van der Waals surface area contributed by atoms with Crippen molar-refractivity contribution < 1.29 is 9.84 Å². The molecular formula is C16H18O2. The highest BCUT2D eigenvalue weighted by atomic mass is 16.5. The fourth-order valence-corrected chi connectivity index (χ4v) is 1.88. The van der Waals surface area contributed by atoms with Crippen LogP contribution in [0.15, 0.2) is 48.7 Å². The van der Waals surface area contributed by atoms with E-state index < -0.39 is 0 Å². The molecule has 2 aromatic rings. The normalized spacial score (nSPS) is 11.2. The van der Waals surface area contributed by atoms with Crippen molar-refractivity contribution in [3.05, 3.63) is 54.3 Å². The maximum Gasteiger partial charge on any atom is 0.0874 e. The second-order valence-corrected chi connectivity index (χ2v) is 4.17. The van der Waals surface area contributed by atoms with Crippen molar-refractivity contribution in [2.24, 2.45) is 0 Å². The number of rotatable bonds is 6. The van der Waals surface area contributed by atoms with Crippen LogP contribution in [-0.2, 0) is 4.74 Å². The van der Waals surface area contributed by atoms with Gasteiger partial charge >= 0.3 is 0 Å². The Morgan fingerprint density at radius 3 is 2.72 bits per heavy atom. The third kappa shape index (κ3) is 3.34. The molecule has 0 aromatic heterocycles. The van der Waals surface area contributed by atoms with Crippen molar-refractivity contribution in [3.8, 4) is 0 Å². The predicted molar refractivity (Wildman–Crippen MR) is 75.3 cm³/mol. The molecule has 0 heterocycles. The Morgan fingerprint density at radius 1 is 1.00 bits per heavy atom. The fraction of sp³-hybridized carbons (Fsp3) is 0.250. The molecule has 2 aromatic carbocycles. The monoisotopic (exact) mass is 242 g/mol. The van der Waals surface area contributed by atoms with Crippen LogP contribution in [0.2, 0.25) is 0 Å². The molecule has 0 bridgehead atoms. The Labute approximate surface area is 108 Å². The zero-order valence-corrected chi connectivity index (χ0v) is 10.4. The van der Waals surface area contributed by atoms with E-state index in [4.69, 9.17) is 9.84 Å². The van der Waals surface area contributed by atoms with Gasteiger partial charge in [0.05, 0.1) is 12.9 Å². The average molecular weight is 242 g/mol. The summed E-state index contributed by atoms with van der Waals surface area (Å²) in [5.74, 6) is 0. The SMILES string of the molecule is OCCCCO/C=C/c1cccc2ccccc12. The summed E-state index contributed by atoms with van der Waals surface area (Å²) in [6, 6.07) is 14.5. The molecule has 18 heavy (non-hydrogen) atoms. The van der Waals surface area contributed by atoms with Crippen LogP contribution >= 0.6 is 0 Å². The van der Waals surface area contributed by atoms with Gasteiger partial charge in [0.1, 0.15) is 0 Å². The van der Waals surface area contributed by atoms with Gasteiger partial charge in [-0.3, -0.25) is 0 Å². The standard InChI is InChI=1S/C16H18O2/c17-11-3-4-12-18-13-10-15-8-5-7-14-6-1-2-9-16(14)15/h1-2,5-10,13,17H,3-4,11-12H2/b13-10+. The van der Waals surface area contributed by atoms with E-state index in [-0.39, 0.29) is 6.61 Å². The fourth-order valence-electron chi connectivity index (χ4n) is 1.88. The average Bonchev–Trinajstić information content (AvgIpc) is 2.43. The number of hydrogen-bond donors (Lipinski definition) is 1. The van der Waals surface area contributed by atoms with Crippen molar-refractivity contribution in [2.75, 3.05) is 13.2 Å². The number of aliphatic hydroxyl groups excluding tert-OH is 1. The molecule has 0 atom stereocenters. The minimum atomic E-state index is 0.233. The first kappa shape index (κ1) is 12.7. The summed E-state index contributed by atoms with van der Waals surface area (Å²) in [5.41, 5.74) is 1.16. The van der Waals surface area contributed by atoms with Crippen LogP contribution in [0, 0.1) is 0 Å². The molecule has 0 aliphatic carbocycles. The summed E-state index contributed by atoms with van der Waals surface area (Å²) in [4.78, 5) is 0. The summed E-state index contributed by atoms with van der Waals surface area (Å²) in [6.45, 7) is 0.887. The van der Waals surface area contributed by atoms with Crippen molar-refractivity contribution in [1.29, 1.82) is 0 Å². The number of ether oxygens (including phenoxy) is 1. The molecule has 0 saturated heterocycles. The highest BCUT2D eigenvalue weighted by molar-refractivity contribution is 5.90. The summed E-state index contributed by atoms with van der Waals surface area (Å²) in [7, 11) is 0. The quantitative estimate of drug-likeness (QED) is 0.619. The maximum atomic E-state index is 8.65. The van der Waals surface area contributed by atoms with Gasteiger partial charge < -0.3 is 9.84 Å². The number of hydrogen-bond acceptors (Lipinski definition) is 2. The van der Waals surface area contributed by atoms with Crippen molar-refractivity contribution in [3.63, 3.8) is 0 Å². The van der Waals surface area contributed by atoms with Gasteiger partial charge in [0, 0.05) is 6.61 Å². The lowest BCUT2D eigenvalue weighted by Gasteiger charge is -2.02. The van der Waals surface area contributed by atoms with Crippen LogP contribution in [0.4, 0.5) is 0 Å². The number of unbranched alkanes of at least 4 members (excludes halogenated alkanes) is 1. The molecule has 0 aliphatic heterocycles. The first-order chi connectivity index (χ1) is 8.92. The lowest BCUT2D eigenvalue weighted by atomic mass is 10.0. The molecule has 0 unspecified atom stereocenters. The minimum Gasteiger partial charge on any atom is -0.501 e. The molecular weight excluding hydrogens is 224 g/mol. The Morgan fingerprint density at radius 2 is 1.83 bits per heavy atom. The van der Waals surface area contributed by atoms with Gasteiger partial charge in [-0.05, 0) is 35.3 Å². The zero-order valence-electron chi connectivity index (χ0n) is 10.4. The van der Waals surface area contributed by atoms with Crippen LogP contribution in [0.1, 0.15) is 18.4 Å². The van der Waals surface area contributed by atoms with Gasteiger partial charge in [-0.25, -0.2) is 0 Å². The van der Waals surface area contributed by atoms with Crippen LogP contribution in [0.5, 0.6) is 0 Å². The van der Waals surface area contributed by atoms with E-state index in [0.29, 0.717) is 6.61 Å². The van der Waals surface area contributed by atoms with E-state index in [0.717, 1.165) is 18.4 Å². The van der Waals surface area contributed by atoms with Crippen molar-refractivity contribution in [1.82, 2.24) is 0 Å². The van der Waals surface area contributed by atoms with Crippen LogP contribution in [0.25, 0.3) is 16.8 Å². The minimum absolute atomic E-state index is 0.233. The van der Waals surface area contributed by atoms with E-state index in [2.05, 4.69) is 24.3 Å². The first-order valence-electron chi connectivity index (χ1n) is 6.28. The molecule has 0 aliphatic rings. The molecule has 0 fully saturated rings. The van der Waals surface area contributed by atoms with E-state index in [9.17, 15) is 0 Å². The predicted octanol–water partition coefficient (Wildman–Crippen LogP) is 3.60. The molecule has 94 valence electrons. The van der Waals surface area contributed by atoms with Crippen LogP contribution in [0.3, 0.4) is 0 Å². The maximum absolute atomic E-state index is 8.65. The Hall–Kier alpha value is -1.80. The van der Waals surface area contributed by atoms with Gasteiger partial charge in [0.2, 0.25) is 0 Å². The molecule has 0 radical (unpaired) electrons. The lowest BCUT2D eigenvalue weighted by molar-refractivity contribution is 0.220. The van der Waals surface area contributed by atoms with Gasteiger partial charge in [-0.15, -0.1) is 0 Å². The Kier molecular flexibility index (Phi) is 4.79. The van der Waals surface area contributed by atoms with Gasteiger partial charge in [-0.2, -0.15) is 0 Å². The molecule has 1 N–H and O–H groups in total.